The van der Waals surface area contributed by atoms with Crippen LogP contribution in [0.5, 0.6) is 0 Å². The van der Waals surface area contributed by atoms with Crippen molar-refractivity contribution in [2.24, 2.45) is 11.1 Å². The Bertz CT molecular complexity index is 372. The number of benzene rings is 1. The molecule has 17 heavy (non-hydrogen) atoms. The molecule has 0 radical (unpaired) electrons. The molecule has 1 aliphatic rings. The van der Waals surface area contributed by atoms with Gasteiger partial charge in [0.05, 0.1) is 0 Å². The van der Waals surface area contributed by atoms with Gasteiger partial charge in [-0.25, -0.2) is 0 Å². The fourth-order valence-electron chi connectivity index (χ4n) is 2.47. The standard InChI is InChI=1S/C14H21ClN2/c1-14(2)10-17(8-7-13(14)16)9-11-3-5-12(15)6-4-11/h3-6,13H,7-10,16H2,1-2H3. The van der Waals surface area contributed by atoms with E-state index in [1.165, 1.54) is 5.56 Å². The molecule has 0 bridgehead atoms. The van der Waals surface area contributed by atoms with E-state index in [9.17, 15) is 0 Å². The fourth-order valence-corrected chi connectivity index (χ4v) is 2.59. The maximum atomic E-state index is 6.14. The summed E-state index contributed by atoms with van der Waals surface area (Å²) in [6.07, 6.45) is 1.08. The second kappa shape index (κ2) is 4.97. The highest BCUT2D eigenvalue weighted by molar-refractivity contribution is 6.30. The van der Waals surface area contributed by atoms with E-state index in [1.807, 2.05) is 12.1 Å². The van der Waals surface area contributed by atoms with Crippen LogP contribution in [0.25, 0.3) is 0 Å². The summed E-state index contributed by atoms with van der Waals surface area (Å²) in [6.45, 7) is 7.66. The first kappa shape index (κ1) is 12.9. The van der Waals surface area contributed by atoms with Gasteiger partial charge in [0.2, 0.25) is 0 Å². The number of likely N-dealkylation sites (tertiary alicyclic amines) is 1. The van der Waals surface area contributed by atoms with Crippen LogP contribution in [0.3, 0.4) is 0 Å². The Balaban J connectivity index is 1.98. The maximum Gasteiger partial charge on any atom is 0.0406 e. The van der Waals surface area contributed by atoms with Crippen molar-refractivity contribution < 1.29 is 0 Å². The van der Waals surface area contributed by atoms with E-state index in [1.54, 1.807) is 0 Å². The second-order valence-electron chi connectivity index (χ2n) is 5.72. The quantitative estimate of drug-likeness (QED) is 0.877. The first-order valence-electron chi connectivity index (χ1n) is 6.20. The SMILES string of the molecule is CC1(C)CN(Cc2ccc(Cl)cc2)CCC1N. The lowest BCUT2D eigenvalue weighted by Gasteiger charge is -2.42. The summed E-state index contributed by atoms with van der Waals surface area (Å²) in [7, 11) is 0. The third-order valence-corrected chi connectivity index (χ3v) is 3.96. The molecule has 1 aromatic carbocycles. The predicted octanol–water partition coefficient (Wildman–Crippen LogP) is 2.90. The second-order valence-corrected chi connectivity index (χ2v) is 6.16. The van der Waals surface area contributed by atoms with Crippen LogP contribution in [0.4, 0.5) is 0 Å². The van der Waals surface area contributed by atoms with E-state index in [-0.39, 0.29) is 5.41 Å². The lowest BCUT2D eigenvalue weighted by Crippen LogP contribution is -2.52. The Labute approximate surface area is 109 Å². The summed E-state index contributed by atoms with van der Waals surface area (Å²) in [5.74, 6) is 0. The third-order valence-electron chi connectivity index (χ3n) is 3.71. The summed E-state index contributed by atoms with van der Waals surface area (Å²) < 4.78 is 0. The Morgan fingerprint density at radius 2 is 2.00 bits per heavy atom. The molecule has 1 aromatic rings. The van der Waals surface area contributed by atoms with E-state index in [4.69, 9.17) is 17.3 Å². The van der Waals surface area contributed by atoms with E-state index >= 15 is 0 Å². The Hall–Kier alpha value is -0.570. The minimum absolute atomic E-state index is 0.213. The molecule has 0 amide bonds. The number of hydrogen-bond donors (Lipinski definition) is 1. The minimum Gasteiger partial charge on any atom is -0.327 e. The van der Waals surface area contributed by atoms with Gasteiger partial charge in [-0.3, -0.25) is 4.90 Å². The topological polar surface area (TPSA) is 29.3 Å². The molecule has 1 saturated heterocycles. The number of hydrogen-bond acceptors (Lipinski definition) is 2. The van der Waals surface area contributed by atoms with Gasteiger partial charge in [-0.05, 0) is 29.5 Å². The largest absolute Gasteiger partial charge is 0.327 e. The third kappa shape index (κ3) is 3.21. The van der Waals surface area contributed by atoms with E-state index in [2.05, 4.69) is 30.9 Å². The number of nitrogens with two attached hydrogens (primary N) is 1. The first-order chi connectivity index (χ1) is 7.97. The van der Waals surface area contributed by atoms with Gasteiger partial charge in [-0.1, -0.05) is 37.6 Å². The molecule has 2 N–H and O–H groups in total. The fraction of sp³-hybridized carbons (Fsp3) is 0.571. The number of halogens is 1. The van der Waals surface area contributed by atoms with Gasteiger partial charge in [-0.15, -0.1) is 0 Å². The molecule has 0 spiro atoms. The van der Waals surface area contributed by atoms with Gasteiger partial charge in [0.25, 0.3) is 0 Å². The molecular weight excluding hydrogens is 232 g/mol. The lowest BCUT2D eigenvalue weighted by molar-refractivity contribution is 0.0899. The Kier molecular flexibility index (Phi) is 3.76. The molecule has 1 fully saturated rings. The maximum absolute atomic E-state index is 6.14. The van der Waals surface area contributed by atoms with Crippen LogP contribution >= 0.6 is 11.6 Å². The van der Waals surface area contributed by atoms with Crippen molar-refractivity contribution in [2.75, 3.05) is 13.1 Å². The van der Waals surface area contributed by atoms with Gasteiger partial charge >= 0.3 is 0 Å². The molecule has 1 unspecified atom stereocenters. The first-order valence-corrected chi connectivity index (χ1v) is 6.57. The van der Waals surface area contributed by atoms with E-state index in [0.29, 0.717) is 6.04 Å². The molecule has 0 saturated carbocycles. The van der Waals surface area contributed by atoms with Crippen LogP contribution in [0.1, 0.15) is 25.8 Å². The van der Waals surface area contributed by atoms with Crippen molar-refractivity contribution in [2.45, 2.75) is 32.9 Å². The average Bonchev–Trinajstić information content (AvgIpc) is 2.26. The van der Waals surface area contributed by atoms with E-state index < -0.39 is 0 Å². The predicted molar refractivity (Wildman–Crippen MR) is 73.1 cm³/mol. The Morgan fingerprint density at radius 1 is 1.35 bits per heavy atom. The zero-order valence-corrected chi connectivity index (χ0v) is 11.4. The zero-order chi connectivity index (χ0) is 12.5. The summed E-state index contributed by atoms with van der Waals surface area (Å²) >= 11 is 5.89. The molecule has 1 aliphatic heterocycles. The van der Waals surface area contributed by atoms with Gasteiger partial charge < -0.3 is 5.73 Å². The van der Waals surface area contributed by atoms with Crippen molar-refractivity contribution in [3.63, 3.8) is 0 Å². The van der Waals surface area contributed by atoms with Crippen molar-refractivity contribution in [1.82, 2.24) is 4.90 Å². The van der Waals surface area contributed by atoms with Gasteiger partial charge in [0.15, 0.2) is 0 Å². The van der Waals surface area contributed by atoms with Crippen LogP contribution in [0, 0.1) is 5.41 Å². The lowest BCUT2D eigenvalue weighted by atomic mass is 9.79. The van der Waals surface area contributed by atoms with Crippen LogP contribution in [0.2, 0.25) is 5.02 Å². The average molecular weight is 253 g/mol. The van der Waals surface area contributed by atoms with Crippen molar-refractivity contribution >= 4 is 11.6 Å². The highest BCUT2D eigenvalue weighted by Gasteiger charge is 2.33. The van der Waals surface area contributed by atoms with E-state index in [0.717, 1.165) is 31.1 Å². The highest BCUT2D eigenvalue weighted by atomic mass is 35.5. The number of rotatable bonds is 2. The molecule has 0 aliphatic carbocycles. The monoisotopic (exact) mass is 252 g/mol. The molecule has 3 heteroatoms. The smallest absolute Gasteiger partial charge is 0.0406 e. The molecular formula is C14H21ClN2. The van der Waals surface area contributed by atoms with Crippen LogP contribution in [0.15, 0.2) is 24.3 Å². The molecule has 1 heterocycles. The van der Waals surface area contributed by atoms with Crippen molar-refractivity contribution in [1.29, 1.82) is 0 Å². The highest BCUT2D eigenvalue weighted by Crippen LogP contribution is 2.28. The van der Waals surface area contributed by atoms with Crippen LogP contribution < -0.4 is 5.73 Å². The number of piperidine rings is 1. The van der Waals surface area contributed by atoms with Gasteiger partial charge in [0, 0.05) is 30.7 Å². The molecule has 2 nitrogen and oxygen atoms in total. The van der Waals surface area contributed by atoms with Crippen molar-refractivity contribution in [3.05, 3.63) is 34.9 Å². The van der Waals surface area contributed by atoms with Gasteiger partial charge in [0.1, 0.15) is 0 Å². The molecule has 2 rings (SSSR count). The molecule has 0 aromatic heterocycles. The van der Waals surface area contributed by atoms with Crippen LogP contribution in [-0.4, -0.2) is 24.0 Å². The molecule has 94 valence electrons. The van der Waals surface area contributed by atoms with Gasteiger partial charge in [-0.2, -0.15) is 0 Å². The summed E-state index contributed by atoms with van der Waals surface area (Å²) in [5, 5.41) is 0.801. The van der Waals surface area contributed by atoms with Crippen molar-refractivity contribution in [3.8, 4) is 0 Å². The summed E-state index contributed by atoms with van der Waals surface area (Å²) in [6, 6.07) is 8.44. The van der Waals surface area contributed by atoms with Crippen LogP contribution in [-0.2, 0) is 6.54 Å². The Morgan fingerprint density at radius 3 is 2.59 bits per heavy atom. The number of nitrogens with zero attached hydrogens (tertiary/aromatic N) is 1. The summed E-state index contributed by atoms with van der Waals surface area (Å²) in [5.41, 5.74) is 7.68. The zero-order valence-electron chi connectivity index (χ0n) is 10.6. The normalized spacial score (nSPS) is 24.8. The minimum atomic E-state index is 0.213. The molecule has 1 atom stereocenters. The summed E-state index contributed by atoms with van der Waals surface area (Å²) in [4.78, 5) is 2.48.